The molecule has 0 bridgehead atoms. The van der Waals surface area contributed by atoms with E-state index in [9.17, 15) is 9.18 Å². The van der Waals surface area contributed by atoms with Gasteiger partial charge in [-0.3, -0.25) is 4.79 Å². The highest BCUT2D eigenvalue weighted by atomic mass is 32.1. The van der Waals surface area contributed by atoms with Gasteiger partial charge in [0.2, 0.25) is 0 Å². The average molecular weight is 196 g/mol. The summed E-state index contributed by atoms with van der Waals surface area (Å²) in [6.07, 6.45) is 0.596. The van der Waals surface area contributed by atoms with Crippen LogP contribution in [0.5, 0.6) is 0 Å². The zero-order valence-corrected chi connectivity index (χ0v) is 7.27. The second kappa shape index (κ2) is 2.77. The van der Waals surface area contributed by atoms with Crippen LogP contribution >= 0.6 is 11.3 Å². The lowest BCUT2D eigenvalue weighted by molar-refractivity contribution is 0.112. The quantitative estimate of drug-likeness (QED) is 0.708. The van der Waals surface area contributed by atoms with Gasteiger partial charge in [0.25, 0.3) is 0 Å². The van der Waals surface area contributed by atoms with Gasteiger partial charge in [-0.05, 0) is 12.1 Å². The van der Waals surface area contributed by atoms with Crippen molar-refractivity contribution < 1.29 is 9.18 Å². The minimum atomic E-state index is -0.507. The Morgan fingerprint density at radius 3 is 3.00 bits per heavy atom. The van der Waals surface area contributed by atoms with Crippen molar-refractivity contribution in [2.45, 2.75) is 0 Å². The molecule has 13 heavy (non-hydrogen) atoms. The number of hydrogen-bond donors (Lipinski definition) is 1. The van der Waals surface area contributed by atoms with E-state index in [0.29, 0.717) is 21.7 Å². The van der Waals surface area contributed by atoms with Gasteiger partial charge in [0.1, 0.15) is 11.8 Å². The smallest absolute Gasteiger partial charge is 0.181 e. The summed E-state index contributed by atoms with van der Waals surface area (Å²) >= 11 is 1.16. The van der Waals surface area contributed by atoms with Crippen molar-refractivity contribution in [3.05, 3.63) is 23.5 Å². The molecule has 0 spiro atoms. The van der Waals surface area contributed by atoms with Crippen LogP contribution in [0.2, 0.25) is 0 Å². The van der Waals surface area contributed by atoms with Gasteiger partial charge in [0.05, 0.1) is 4.70 Å². The maximum Gasteiger partial charge on any atom is 0.181 e. The second-order valence-corrected chi connectivity index (χ2v) is 3.58. The second-order valence-electron chi connectivity index (χ2n) is 2.52. The maximum absolute atomic E-state index is 13.2. The summed E-state index contributed by atoms with van der Waals surface area (Å²) in [6, 6.07) is 2.72. The van der Waals surface area contributed by atoms with E-state index in [2.05, 4.69) is 4.98 Å². The lowest BCUT2D eigenvalue weighted by atomic mass is 10.2. The first-order valence-electron chi connectivity index (χ1n) is 3.51. The molecule has 0 aliphatic heterocycles. The van der Waals surface area contributed by atoms with E-state index in [4.69, 9.17) is 5.73 Å². The molecule has 0 fully saturated rings. The van der Waals surface area contributed by atoms with Gasteiger partial charge in [-0.25, -0.2) is 9.37 Å². The molecule has 0 radical (unpaired) electrons. The van der Waals surface area contributed by atoms with Crippen molar-refractivity contribution >= 4 is 33.0 Å². The van der Waals surface area contributed by atoms with Crippen molar-refractivity contribution in [1.82, 2.24) is 4.98 Å². The molecule has 2 aromatic rings. The van der Waals surface area contributed by atoms with Crippen molar-refractivity contribution in [3.63, 3.8) is 0 Å². The summed E-state index contributed by atoms with van der Waals surface area (Å²) in [5.41, 5.74) is 5.93. The Morgan fingerprint density at radius 2 is 2.31 bits per heavy atom. The Balaban J connectivity index is 2.82. The summed E-state index contributed by atoms with van der Waals surface area (Å²) in [5, 5.41) is 0.303. The largest absolute Gasteiger partial charge is 0.375 e. The molecule has 0 unspecified atom stereocenters. The van der Waals surface area contributed by atoms with E-state index in [-0.39, 0.29) is 5.52 Å². The van der Waals surface area contributed by atoms with Gasteiger partial charge in [-0.1, -0.05) is 11.3 Å². The number of nitrogens with zero attached hydrogens (tertiary/aromatic N) is 1. The van der Waals surface area contributed by atoms with Gasteiger partial charge in [-0.15, -0.1) is 0 Å². The third-order valence-corrected chi connectivity index (χ3v) is 2.45. The normalized spacial score (nSPS) is 10.5. The van der Waals surface area contributed by atoms with Crippen molar-refractivity contribution in [2.24, 2.45) is 0 Å². The van der Waals surface area contributed by atoms with Gasteiger partial charge in [0.15, 0.2) is 10.9 Å². The number of fused-ring (bicyclic) bond motifs is 1. The number of aldehydes is 1. The van der Waals surface area contributed by atoms with E-state index in [1.54, 1.807) is 6.07 Å². The Morgan fingerprint density at radius 1 is 1.54 bits per heavy atom. The number of benzene rings is 1. The molecule has 1 heterocycles. The number of hydrogen-bond acceptors (Lipinski definition) is 4. The van der Waals surface area contributed by atoms with Gasteiger partial charge < -0.3 is 5.73 Å². The molecule has 0 aliphatic carbocycles. The highest BCUT2D eigenvalue weighted by Gasteiger charge is 2.07. The summed E-state index contributed by atoms with van der Waals surface area (Å²) in [7, 11) is 0. The SMILES string of the molecule is Nc1nc2c(F)cc(C=O)cc2s1. The number of halogens is 1. The van der Waals surface area contributed by atoms with Crippen LogP contribution in [0.1, 0.15) is 10.4 Å². The number of nitrogen functional groups attached to an aromatic ring is 1. The molecule has 3 nitrogen and oxygen atoms in total. The molecular formula is C8H5FN2OS. The van der Waals surface area contributed by atoms with E-state index < -0.39 is 5.82 Å². The predicted molar refractivity (Wildman–Crippen MR) is 49.4 cm³/mol. The number of nitrogens with two attached hydrogens (primary N) is 1. The highest BCUT2D eigenvalue weighted by Crippen LogP contribution is 2.26. The van der Waals surface area contributed by atoms with Gasteiger partial charge in [0, 0.05) is 5.56 Å². The molecule has 0 atom stereocenters. The van der Waals surface area contributed by atoms with Gasteiger partial charge in [-0.2, -0.15) is 0 Å². The Bertz CT molecular complexity index is 480. The maximum atomic E-state index is 13.2. The molecule has 2 N–H and O–H groups in total. The number of thiazole rings is 1. The minimum Gasteiger partial charge on any atom is -0.375 e. The van der Waals surface area contributed by atoms with Crippen LogP contribution in [0.4, 0.5) is 9.52 Å². The number of aromatic nitrogens is 1. The topological polar surface area (TPSA) is 56.0 Å². The van der Waals surface area contributed by atoms with Crippen LogP contribution in [-0.2, 0) is 0 Å². The first-order valence-corrected chi connectivity index (χ1v) is 4.33. The molecule has 0 saturated heterocycles. The summed E-state index contributed by atoms with van der Waals surface area (Å²) in [5.74, 6) is -0.507. The fraction of sp³-hybridized carbons (Fsp3) is 0. The van der Waals surface area contributed by atoms with Crippen LogP contribution in [0.3, 0.4) is 0 Å². The predicted octanol–water partition coefficient (Wildman–Crippen LogP) is 1.83. The molecule has 1 aromatic carbocycles. The molecule has 0 saturated carbocycles. The lowest BCUT2D eigenvalue weighted by Gasteiger charge is -1.91. The van der Waals surface area contributed by atoms with Crippen LogP contribution in [0.25, 0.3) is 10.2 Å². The Kier molecular flexibility index (Phi) is 1.73. The van der Waals surface area contributed by atoms with E-state index in [1.165, 1.54) is 0 Å². The number of carbonyl (C=O) groups excluding carboxylic acids is 1. The van der Waals surface area contributed by atoms with Crippen molar-refractivity contribution in [2.75, 3.05) is 5.73 Å². The van der Waals surface area contributed by atoms with Crippen molar-refractivity contribution in [3.8, 4) is 0 Å². The fourth-order valence-electron chi connectivity index (χ4n) is 1.09. The fourth-order valence-corrected chi connectivity index (χ4v) is 1.89. The number of carbonyl (C=O) groups is 1. The third kappa shape index (κ3) is 1.27. The summed E-state index contributed by atoms with van der Waals surface area (Å²) < 4.78 is 13.8. The number of rotatable bonds is 1. The van der Waals surface area contributed by atoms with E-state index >= 15 is 0 Å². The van der Waals surface area contributed by atoms with Crippen LogP contribution < -0.4 is 5.73 Å². The molecule has 1 aromatic heterocycles. The molecular weight excluding hydrogens is 191 g/mol. The molecule has 2 rings (SSSR count). The highest BCUT2D eigenvalue weighted by molar-refractivity contribution is 7.22. The molecule has 0 aliphatic rings. The average Bonchev–Trinajstić information content (AvgIpc) is 2.46. The van der Waals surface area contributed by atoms with Gasteiger partial charge >= 0.3 is 0 Å². The summed E-state index contributed by atoms with van der Waals surface area (Å²) in [4.78, 5) is 14.2. The minimum absolute atomic E-state index is 0.230. The third-order valence-electron chi connectivity index (χ3n) is 1.62. The summed E-state index contributed by atoms with van der Waals surface area (Å²) in [6.45, 7) is 0. The standard InChI is InChI=1S/C8H5FN2OS/c9-5-1-4(3-12)2-6-7(5)11-8(10)13-6/h1-3H,(H2,10,11). The van der Waals surface area contributed by atoms with E-state index in [1.807, 2.05) is 0 Å². The lowest BCUT2D eigenvalue weighted by Crippen LogP contribution is -1.84. The monoisotopic (exact) mass is 196 g/mol. The first-order chi connectivity index (χ1) is 6.20. The van der Waals surface area contributed by atoms with Crippen LogP contribution in [0.15, 0.2) is 12.1 Å². The Labute approximate surface area is 77.0 Å². The molecule has 66 valence electrons. The van der Waals surface area contributed by atoms with Crippen LogP contribution in [0, 0.1) is 5.82 Å². The van der Waals surface area contributed by atoms with Crippen molar-refractivity contribution in [1.29, 1.82) is 0 Å². The van der Waals surface area contributed by atoms with Crippen LogP contribution in [-0.4, -0.2) is 11.3 Å². The van der Waals surface area contributed by atoms with E-state index in [0.717, 1.165) is 17.4 Å². The molecule has 0 amide bonds. The first kappa shape index (κ1) is 8.12. The Hall–Kier alpha value is -1.49. The zero-order valence-electron chi connectivity index (χ0n) is 6.45. The zero-order chi connectivity index (χ0) is 9.42. The number of anilines is 1. The molecule has 5 heteroatoms.